The lowest BCUT2D eigenvalue weighted by molar-refractivity contribution is -0.118. The number of rotatable bonds is 8. The van der Waals surface area contributed by atoms with E-state index in [9.17, 15) is 10.0 Å². The number of aliphatic imine (C=N–C) groups is 1. The molecule has 0 heterocycles. The highest BCUT2D eigenvalue weighted by Gasteiger charge is 2.20. The van der Waals surface area contributed by atoms with E-state index < -0.39 is 0 Å². The van der Waals surface area contributed by atoms with Crippen molar-refractivity contribution in [2.75, 3.05) is 6.54 Å². The van der Waals surface area contributed by atoms with Crippen LogP contribution in [-0.2, 0) is 11.2 Å². The predicted octanol–water partition coefficient (Wildman–Crippen LogP) is 4.95. The van der Waals surface area contributed by atoms with Gasteiger partial charge in [-0.3, -0.25) is 20.5 Å². The summed E-state index contributed by atoms with van der Waals surface area (Å²) in [6.45, 7) is 2.38. The van der Waals surface area contributed by atoms with Crippen LogP contribution in [0.1, 0.15) is 70.3 Å². The van der Waals surface area contributed by atoms with E-state index in [0.717, 1.165) is 6.42 Å². The molecule has 4 heteroatoms. The summed E-state index contributed by atoms with van der Waals surface area (Å²) in [5.41, 5.74) is 3.35. The van der Waals surface area contributed by atoms with Gasteiger partial charge in [-0.15, -0.1) is 0 Å². The number of hydroxylamine groups is 1. The number of nitrogens with zero attached hydrogens (tertiary/aromatic N) is 1. The quantitative estimate of drug-likeness (QED) is 0.392. The Hall–Kier alpha value is -1.68. The SMILES string of the molecule is CC(CC(=O)CN=C(CCc1ccccc1)NO)C1CCCCCCC1. The number of aryl methyl sites for hydroxylation is 1. The molecule has 1 aliphatic carbocycles. The highest BCUT2D eigenvalue weighted by molar-refractivity contribution is 5.86. The van der Waals surface area contributed by atoms with E-state index in [1.54, 1.807) is 0 Å². The first-order valence-electron chi connectivity index (χ1n) is 10.2. The van der Waals surface area contributed by atoms with Gasteiger partial charge in [0.25, 0.3) is 0 Å². The molecule has 0 saturated heterocycles. The summed E-state index contributed by atoms with van der Waals surface area (Å²) in [7, 11) is 0. The van der Waals surface area contributed by atoms with Gasteiger partial charge in [0.1, 0.15) is 5.84 Å². The molecule has 26 heavy (non-hydrogen) atoms. The highest BCUT2D eigenvalue weighted by atomic mass is 16.5. The van der Waals surface area contributed by atoms with E-state index in [0.29, 0.717) is 30.5 Å². The third-order valence-corrected chi connectivity index (χ3v) is 5.57. The lowest BCUT2D eigenvalue weighted by Crippen LogP contribution is -2.23. The number of nitrogens with one attached hydrogen (secondary N) is 1. The molecule has 0 spiro atoms. The van der Waals surface area contributed by atoms with Crippen molar-refractivity contribution in [1.82, 2.24) is 5.48 Å². The third-order valence-electron chi connectivity index (χ3n) is 5.57. The van der Waals surface area contributed by atoms with Gasteiger partial charge >= 0.3 is 0 Å². The monoisotopic (exact) mass is 358 g/mol. The third kappa shape index (κ3) is 7.69. The van der Waals surface area contributed by atoms with Crippen molar-refractivity contribution < 1.29 is 10.0 Å². The van der Waals surface area contributed by atoms with Gasteiger partial charge in [-0.05, 0) is 23.8 Å². The molecule has 1 fully saturated rings. The van der Waals surface area contributed by atoms with Crippen LogP contribution in [-0.4, -0.2) is 23.4 Å². The molecule has 4 nitrogen and oxygen atoms in total. The standard InChI is InChI=1S/C22H34N2O2/c1-18(20-12-8-3-2-4-9-13-20)16-21(25)17-23-22(24-26)15-14-19-10-6-5-7-11-19/h5-7,10-11,18,20,26H,2-4,8-9,12-17H2,1H3,(H,23,24). The molecule has 1 atom stereocenters. The van der Waals surface area contributed by atoms with Crippen LogP contribution < -0.4 is 5.48 Å². The van der Waals surface area contributed by atoms with Crippen LogP contribution in [0.25, 0.3) is 0 Å². The van der Waals surface area contributed by atoms with Crippen molar-refractivity contribution >= 4 is 11.6 Å². The Labute approximate surface area is 158 Å². The highest BCUT2D eigenvalue weighted by Crippen LogP contribution is 2.30. The average Bonchev–Trinajstić information content (AvgIpc) is 2.62. The molecule has 1 saturated carbocycles. The second-order valence-corrected chi connectivity index (χ2v) is 7.69. The second kappa shape index (κ2) is 11.8. The van der Waals surface area contributed by atoms with Crippen molar-refractivity contribution in [3.63, 3.8) is 0 Å². The van der Waals surface area contributed by atoms with Crippen molar-refractivity contribution in [3.8, 4) is 0 Å². The van der Waals surface area contributed by atoms with Gasteiger partial charge in [-0.25, -0.2) is 0 Å². The number of Topliss-reactive ketones (excluding diaryl/α,β-unsaturated/α-hetero) is 1. The molecule has 0 amide bonds. The Morgan fingerprint density at radius 2 is 1.81 bits per heavy atom. The van der Waals surface area contributed by atoms with Crippen molar-refractivity contribution in [2.45, 2.75) is 71.1 Å². The van der Waals surface area contributed by atoms with Gasteiger partial charge < -0.3 is 0 Å². The summed E-state index contributed by atoms with van der Waals surface area (Å²) in [6, 6.07) is 10.1. The van der Waals surface area contributed by atoms with E-state index in [4.69, 9.17) is 0 Å². The Kier molecular flexibility index (Phi) is 9.40. The summed E-state index contributed by atoms with van der Waals surface area (Å²) in [5, 5.41) is 9.27. The van der Waals surface area contributed by atoms with Gasteiger partial charge in [0.05, 0.1) is 6.54 Å². The molecule has 1 aromatic carbocycles. The zero-order valence-electron chi connectivity index (χ0n) is 16.1. The van der Waals surface area contributed by atoms with Crippen LogP contribution in [0.5, 0.6) is 0 Å². The number of ketones is 1. The van der Waals surface area contributed by atoms with E-state index in [1.807, 2.05) is 18.2 Å². The zero-order valence-corrected chi connectivity index (χ0v) is 16.1. The van der Waals surface area contributed by atoms with Crippen LogP contribution in [0.3, 0.4) is 0 Å². The van der Waals surface area contributed by atoms with Gasteiger partial charge in [0, 0.05) is 12.8 Å². The van der Waals surface area contributed by atoms with Gasteiger partial charge in [0.15, 0.2) is 5.78 Å². The molecular weight excluding hydrogens is 324 g/mol. The molecule has 2 N–H and O–H groups in total. The molecule has 144 valence electrons. The van der Waals surface area contributed by atoms with Gasteiger partial charge in [-0.2, -0.15) is 0 Å². The first-order valence-corrected chi connectivity index (χ1v) is 10.2. The summed E-state index contributed by atoms with van der Waals surface area (Å²) in [5.74, 6) is 1.77. The Balaban J connectivity index is 1.76. The fourth-order valence-corrected chi connectivity index (χ4v) is 3.91. The molecular formula is C22H34N2O2. The molecule has 0 radical (unpaired) electrons. The van der Waals surface area contributed by atoms with E-state index in [2.05, 4.69) is 29.5 Å². The van der Waals surface area contributed by atoms with Crippen molar-refractivity contribution in [1.29, 1.82) is 0 Å². The summed E-state index contributed by atoms with van der Waals surface area (Å²) in [6.07, 6.45) is 11.2. The van der Waals surface area contributed by atoms with Gasteiger partial charge in [0.2, 0.25) is 0 Å². The number of carbonyl (C=O) groups is 1. The number of amidine groups is 1. The van der Waals surface area contributed by atoms with Crippen molar-refractivity contribution in [2.24, 2.45) is 16.8 Å². The van der Waals surface area contributed by atoms with Crippen LogP contribution in [0.2, 0.25) is 0 Å². The lowest BCUT2D eigenvalue weighted by Gasteiger charge is -2.25. The number of carbonyl (C=O) groups excluding carboxylic acids is 1. The van der Waals surface area contributed by atoms with Crippen LogP contribution in [0, 0.1) is 11.8 Å². The first-order chi connectivity index (χ1) is 12.7. The molecule has 0 bridgehead atoms. The van der Waals surface area contributed by atoms with Gasteiger partial charge in [-0.1, -0.05) is 82.2 Å². The predicted molar refractivity (Wildman–Crippen MR) is 107 cm³/mol. The normalized spacial score (nSPS) is 18.0. The Morgan fingerprint density at radius 3 is 2.46 bits per heavy atom. The molecule has 2 rings (SSSR count). The summed E-state index contributed by atoms with van der Waals surface area (Å²) in [4.78, 5) is 16.6. The van der Waals surface area contributed by atoms with Crippen molar-refractivity contribution in [3.05, 3.63) is 35.9 Å². The number of benzene rings is 1. The molecule has 0 aromatic heterocycles. The van der Waals surface area contributed by atoms with Crippen LogP contribution in [0.15, 0.2) is 35.3 Å². The maximum absolute atomic E-state index is 12.3. The fraction of sp³-hybridized carbons (Fsp3) is 0.636. The zero-order chi connectivity index (χ0) is 18.6. The topological polar surface area (TPSA) is 61.7 Å². The van der Waals surface area contributed by atoms with E-state index >= 15 is 0 Å². The maximum atomic E-state index is 12.3. The fourth-order valence-electron chi connectivity index (χ4n) is 3.91. The molecule has 1 aliphatic rings. The Bertz CT molecular complexity index is 549. The minimum atomic E-state index is 0.161. The smallest absolute Gasteiger partial charge is 0.154 e. The molecule has 1 unspecified atom stereocenters. The number of hydrogen-bond acceptors (Lipinski definition) is 3. The molecule has 0 aliphatic heterocycles. The minimum Gasteiger partial charge on any atom is -0.298 e. The van der Waals surface area contributed by atoms with Crippen LogP contribution >= 0.6 is 0 Å². The number of hydrogen-bond donors (Lipinski definition) is 2. The first kappa shape index (κ1) is 20.6. The maximum Gasteiger partial charge on any atom is 0.154 e. The molecule has 1 aromatic rings. The minimum absolute atomic E-state index is 0.161. The largest absolute Gasteiger partial charge is 0.298 e. The average molecular weight is 359 g/mol. The summed E-state index contributed by atoms with van der Waals surface area (Å²) >= 11 is 0. The second-order valence-electron chi connectivity index (χ2n) is 7.69. The van der Waals surface area contributed by atoms with Crippen LogP contribution in [0.4, 0.5) is 0 Å². The lowest BCUT2D eigenvalue weighted by atomic mass is 9.80. The summed E-state index contributed by atoms with van der Waals surface area (Å²) < 4.78 is 0. The van der Waals surface area contributed by atoms with E-state index in [1.165, 1.54) is 50.5 Å². The Morgan fingerprint density at radius 1 is 1.15 bits per heavy atom. The van der Waals surface area contributed by atoms with E-state index in [-0.39, 0.29) is 12.3 Å².